The molecule has 5 nitrogen and oxygen atoms in total. The molecule has 604 valence electrons. The molecule has 0 saturated heterocycles. The van der Waals surface area contributed by atoms with Crippen LogP contribution < -0.4 is 9.80 Å². The molecule has 0 radical (unpaired) electrons. The third kappa shape index (κ3) is 11.9. The highest BCUT2D eigenvalue weighted by atomic mass is 32.1. The average molecular weight is 1650 g/mol. The maximum atomic E-state index is 6.23. The number of hydrogen-bond donors (Lipinski definition) is 0. The van der Waals surface area contributed by atoms with Gasteiger partial charge in [-0.25, -0.2) is 0 Å². The molecule has 0 unspecified atom stereocenters. The van der Waals surface area contributed by atoms with Crippen molar-refractivity contribution in [2.45, 2.75) is 38.5 Å². The van der Waals surface area contributed by atoms with Crippen molar-refractivity contribution in [2.75, 3.05) is 9.80 Å². The fourth-order valence-electron chi connectivity index (χ4n) is 21.4. The van der Waals surface area contributed by atoms with E-state index in [2.05, 4.69) is 471 Å². The summed E-state index contributed by atoms with van der Waals surface area (Å²) in [7, 11) is 0. The van der Waals surface area contributed by atoms with Gasteiger partial charge in [0.25, 0.3) is 0 Å². The van der Waals surface area contributed by atoms with Crippen molar-refractivity contribution in [1.82, 2.24) is 9.13 Å². The van der Waals surface area contributed by atoms with Crippen molar-refractivity contribution >= 4 is 153 Å². The van der Waals surface area contributed by atoms with E-state index in [4.69, 9.17) is 4.42 Å². The summed E-state index contributed by atoms with van der Waals surface area (Å²) in [5.74, 6) is 0. The lowest BCUT2D eigenvalue weighted by Crippen LogP contribution is -2.16. The number of para-hydroxylation sites is 5. The van der Waals surface area contributed by atoms with Crippen LogP contribution in [0.2, 0.25) is 0 Å². The smallest absolute Gasteiger partial charge is 0.135 e. The minimum atomic E-state index is -0.137. The predicted molar refractivity (Wildman–Crippen MR) is 543 cm³/mol. The molecule has 128 heavy (non-hydrogen) atoms. The number of hydrogen-bond acceptors (Lipinski definition) is 4. The van der Waals surface area contributed by atoms with Crippen LogP contribution in [0.1, 0.15) is 49.9 Å². The van der Waals surface area contributed by atoms with E-state index in [0.717, 1.165) is 61.8 Å². The van der Waals surface area contributed by atoms with Gasteiger partial charge in [0.05, 0.1) is 33.4 Å². The van der Waals surface area contributed by atoms with Crippen molar-refractivity contribution in [1.29, 1.82) is 0 Å². The molecule has 0 aliphatic heterocycles. The van der Waals surface area contributed by atoms with Gasteiger partial charge >= 0.3 is 0 Å². The number of thiophene rings is 1. The second-order valence-electron chi connectivity index (χ2n) is 35.4. The molecule has 6 heteroatoms. The number of furan rings is 1. The quantitative estimate of drug-likeness (QED) is 0.122. The third-order valence-corrected chi connectivity index (χ3v) is 28.8. The normalized spacial score (nSPS) is 13.0. The van der Waals surface area contributed by atoms with E-state index in [-0.39, 0.29) is 10.8 Å². The lowest BCUT2D eigenvalue weighted by atomic mass is 9.82. The first kappa shape index (κ1) is 74.7. The Balaban J connectivity index is 0.000000139. The van der Waals surface area contributed by atoms with Crippen LogP contribution in [0.4, 0.5) is 34.1 Å². The SMILES string of the molecule is CC1(C)c2ccccc2-c2ccc(N(c3ccc(-c4ccc5c(c4)c4ccccc4n5-c4ccccc4)cc3)c3ccc(-c4ccc5oc6ccccc6c5c4)c4ccccc34)cc21.CC1(C)c2ccccc2-c2ccc(N(c3ccc(-c4ccc5c(c4)c4ccccc4n5-c4ccccc4)cc3)c3ccc(-c4ccc5sc6ccccc6c5c4)c4ccccc34)cc21. The van der Waals surface area contributed by atoms with E-state index in [1.54, 1.807) is 0 Å². The molecule has 24 aromatic rings. The lowest BCUT2D eigenvalue weighted by molar-refractivity contribution is 0.660. The molecule has 0 saturated carbocycles. The van der Waals surface area contributed by atoms with Crippen LogP contribution in [-0.2, 0) is 10.8 Å². The predicted octanol–water partition coefficient (Wildman–Crippen LogP) is 34.4. The molecule has 0 atom stereocenters. The minimum absolute atomic E-state index is 0.129. The fraction of sp³-hybridized carbons (Fsp3) is 0.0492. The minimum Gasteiger partial charge on any atom is -0.456 e. The van der Waals surface area contributed by atoms with Crippen LogP contribution in [0.3, 0.4) is 0 Å². The summed E-state index contributed by atoms with van der Waals surface area (Å²) in [4.78, 5) is 4.93. The summed E-state index contributed by atoms with van der Waals surface area (Å²) in [6, 6.07) is 161. The Morgan fingerprint density at radius 2 is 0.562 bits per heavy atom. The molecular formula is C122H84N4OS. The van der Waals surface area contributed by atoms with E-state index in [1.165, 1.54) is 180 Å². The van der Waals surface area contributed by atoms with Crippen LogP contribution in [-0.4, -0.2) is 9.13 Å². The molecule has 2 aliphatic carbocycles. The summed E-state index contributed by atoms with van der Waals surface area (Å²) in [6.45, 7) is 9.45. The Hall–Kier alpha value is -15.9. The zero-order chi connectivity index (χ0) is 85.0. The fourth-order valence-corrected chi connectivity index (χ4v) is 22.5. The largest absolute Gasteiger partial charge is 0.456 e. The highest BCUT2D eigenvalue weighted by molar-refractivity contribution is 7.25. The van der Waals surface area contributed by atoms with Gasteiger partial charge in [-0.15, -0.1) is 11.3 Å². The number of rotatable bonds is 12. The van der Waals surface area contributed by atoms with Gasteiger partial charge in [0.15, 0.2) is 0 Å². The van der Waals surface area contributed by atoms with Gasteiger partial charge in [-0.1, -0.05) is 307 Å². The van der Waals surface area contributed by atoms with E-state index >= 15 is 0 Å². The highest BCUT2D eigenvalue weighted by Gasteiger charge is 2.38. The second kappa shape index (κ2) is 29.4. The summed E-state index contributed by atoms with van der Waals surface area (Å²) in [5, 5.41) is 14.7. The molecule has 0 bridgehead atoms. The monoisotopic (exact) mass is 1650 g/mol. The molecule has 4 heterocycles. The summed E-state index contributed by atoms with van der Waals surface area (Å²) in [5.41, 5.74) is 35.8. The summed E-state index contributed by atoms with van der Waals surface area (Å²) < 4.78 is 13.6. The zero-order valence-corrected chi connectivity index (χ0v) is 72.0. The van der Waals surface area contributed by atoms with E-state index < -0.39 is 0 Å². The van der Waals surface area contributed by atoms with Crippen molar-refractivity contribution in [3.05, 3.63) is 459 Å². The molecule has 2 aliphatic rings. The molecule has 26 rings (SSSR count). The van der Waals surface area contributed by atoms with Gasteiger partial charge in [0.2, 0.25) is 0 Å². The summed E-state index contributed by atoms with van der Waals surface area (Å²) in [6.07, 6.45) is 0. The standard InChI is InChI=1S/C61H42N2O.C61H42N2S/c2*1-61(2)54-21-11-8-17-47(54)48-31-30-44(38-55(48)61)62(57-34-32-45(46-16-6-7-18-49(46)57)41-27-35-60-53(37-41)51-20-10-13-23-59(51)64-60)43-28-24-39(25-29-43)40-26-33-58-52(36-40)50-19-9-12-22-56(50)63(58)42-14-4-3-5-15-42/h2*3-38H,1-2H3. The topological polar surface area (TPSA) is 29.5 Å². The number of fused-ring (bicyclic) bond motifs is 20. The van der Waals surface area contributed by atoms with Crippen LogP contribution >= 0.6 is 11.3 Å². The molecular weight excluding hydrogens is 1570 g/mol. The van der Waals surface area contributed by atoms with Crippen LogP contribution in [0.5, 0.6) is 0 Å². The van der Waals surface area contributed by atoms with Crippen molar-refractivity contribution in [3.8, 4) is 78.1 Å². The number of benzene rings is 20. The van der Waals surface area contributed by atoms with Crippen LogP contribution in [0, 0.1) is 0 Å². The van der Waals surface area contributed by atoms with Crippen LogP contribution in [0.25, 0.3) is 185 Å². The Morgan fingerprint density at radius 3 is 1.08 bits per heavy atom. The molecule has 0 amide bonds. The van der Waals surface area contributed by atoms with Crippen molar-refractivity contribution in [2.24, 2.45) is 0 Å². The van der Waals surface area contributed by atoms with Gasteiger partial charge in [0.1, 0.15) is 11.2 Å². The first-order valence-electron chi connectivity index (χ1n) is 44.3. The lowest BCUT2D eigenvalue weighted by Gasteiger charge is -2.29. The Labute approximate surface area is 746 Å². The molecule has 0 spiro atoms. The van der Waals surface area contributed by atoms with Crippen molar-refractivity contribution < 1.29 is 4.42 Å². The highest BCUT2D eigenvalue weighted by Crippen LogP contribution is 2.55. The van der Waals surface area contributed by atoms with E-state index in [0.29, 0.717) is 0 Å². The number of anilines is 6. The zero-order valence-electron chi connectivity index (χ0n) is 71.2. The Bertz CT molecular complexity index is 8130. The number of nitrogens with zero attached hydrogens (tertiary/aromatic N) is 4. The van der Waals surface area contributed by atoms with Gasteiger partial charge in [-0.05, 0) is 258 Å². The average Bonchev–Trinajstić information content (AvgIpc) is 1.54. The van der Waals surface area contributed by atoms with E-state index in [1.807, 2.05) is 23.5 Å². The van der Waals surface area contributed by atoms with Gasteiger partial charge in [-0.3, -0.25) is 0 Å². The first-order valence-corrected chi connectivity index (χ1v) is 45.1. The van der Waals surface area contributed by atoms with Gasteiger partial charge in [-0.2, -0.15) is 0 Å². The Kier molecular flexibility index (Phi) is 17.2. The molecule has 4 aromatic heterocycles. The maximum Gasteiger partial charge on any atom is 0.135 e. The Morgan fingerprint density at radius 1 is 0.211 bits per heavy atom. The summed E-state index contributed by atoms with van der Waals surface area (Å²) >= 11 is 1.87. The maximum absolute atomic E-state index is 6.23. The van der Waals surface area contributed by atoms with Gasteiger partial charge < -0.3 is 23.4 Å². The van der Waals surface area contributed by atoms with Crippen molar-refractivity contribution in [3.63, 3.8) is 0 Å². The van der Waals surface area contributed by atoms with Gasteiger partial charge in [0, 0.05) is 108 Å². The number of aromatic nitrogens is 2. The molecule has 0 N–H and O–H groups in total. The van der Waals surface area contributed by atoms with E-state index in [9.17, 15) is 0 Å². The van der Waals surface area contributed by atoms with Crippen LogP contribution in [0.15, 0.2) is 441 Å². The third-order valence-electron chi connectivity index (χ3n) is 27.6. The molecule has 0 fully saturated rings. The first-order chi connectivity index (χ1) is 63.0. The molecule has 20 aromatic carbocycles. The second-order valence-corrected chi connectivity index (χ2v) is 36.5.